The van der Waals surface area contributed by atoms with Crippen molar-refractivity contribution in [2.45, 2.75) is 25.9 Å². The smallest absolute Gasteiger partial charge is 0.0573 e. The molecule has 3 nitrogen and oxygen atoms in total. The van der Waals surface area contributed by atoms with Crippen molar-refractivity contribution in [3.05, 3.63) is 29.6 Å². The topological polar surface area (TPSA) is 42.2 Å². The van der Waals surface area contributed by atoms with Crippen LogP contribution in [0.3, 0.4) is 0 Å². The summed E-state index contributed by atoms with van der Waals surface area (Å²) in [7, 11) is 0. The Morgan fingerprint density at radius 3 is 3.00 bits per heavy atom. The maximum Gasteiger partial charge on any atom is 0.0573 e. The van der Waals surface area contributed by atoms with Crippen molar-refractivity contribution in [1.29, 1.82) is 0 Å². The number of nitrogens with zero attached hydrogens (tertiary/aromatic N) is 2. The van der Waals surface area contributed by atoms with Gasteiger partial charge in [0.1, 0.15) is 0 Å². The Morgan fingerprint density at radius 2 is 2.40 bits per heavy atom. The van der Waals surface area contributed by atoms with Gasteiger partial charge in [0.2, 0.25) is 0 Å². The summed E-state index contributed by atoms with van der Waals surface area (Å²) >= 11 is 0. The van der Waals surface area contributed by atoms with Crippen LogP contribution in [0.1, 0.15) is 17.7 Å². The summed E-state index contributed by atoms with van der Waals surface area (Å²) in [6, 6.07) is 4.45. The number of aromatic nitrogens is 1. The van der Waals surface area contributed by atoms with E-state index in [0.717, 1.165) is 26.1 Å². The first-order valence-electron chi connectivity index (χ1n) is 5.14. The molecule has 1 saturated heterocycles. The molecule has 0 unspecified atom stereocenters. The Balaban J connectivity index is 0.00000112. The Labute approximate surface area is 97.1 Å². The average molecular weight is 228 g/mol. The lowest BCUT2D eigenvalue weighted by Gasteiger charge is -2.15. The second-order valence-corrected chi connectivity index (χ2v) is 4.05. The third-order valence-corrected chi connectivity index (χ3v) is 2.80. The second kappa shape index (κ2) is 5.45. The van der Waals surface area contributed by atoms with E-state index in [0.29, 0.717) is 6.04 Å². The van der Waals surface area contributed by atoms with E-state index in [2.05, 4.69) is 22.9 Å². The highest BCUT2D eigenvalue weighted by Crippen LogP contribution is 2.12. The molecule has 15 heavy (non-hydrogen) atoms. The molecule has 1 atom stereocenters. The van der Waals surface area contributed by atoms with Crippen molar-refractivity contribution in [3.8, 4) is 0 Å². The summed E-state index contributed by atoms with van der Waals surface area (Å²) < 4.78 is 0. The Kier molecular flexibility index (Phi) is 4.51. The number of nitrogens with two attached hydrogens (primary N) is 1. The van der Waals surface area contributed by atoms with Crippen LogP contribution in [-0.2, 0) is 6.54 Å². The Bertz CT molecular complexity index is 316. The molecule has 2 heterocycles. The number of hydrogen-bond donors (Lipinski definition) is 1. The van der Waals surface area contributed by atoms with Gasteiger partial charge in [0, 0.05) is 31.9 Å². The molecule has 1 aromatic heterocycles. The van der Waals surface area contributed by atoms with Gasteiger partial charge in [0.25, 0.3) is 0 Å². The second-order valence-electron chi connectivity index (χ2n) is 4.05. The van der Waals surface area contributed by atoms with Gasteiger partial charge in [-0.05, 0) is 25.0 Å². The molecule has 0 amide bonds. The molecule has 1 aromatic rings. The van der Waals surface area contributed by atoms with E-state index in [1.54, 1.807) is 0 Å². The lowest BCUT2D eigenvalue weighted by molar-refractivity contribution is 0.322. The quantitative estimate of drug-likeness (QED) is 0.830. The lowest BCUT2D eigenvalue weighted by Crippen LogP contribution is -2.26. The van der Waals surface area contributed by atoms with E-state index < -0.39 is 0 Å². The van der Waals surface area contributed by atoms with Gasteiger partial charge >= 0.3 is 0 Å². The van der Waals surface area contributed by atoms with Crippen molar-refractivity contribution in [2.24, 2.45) is 5.73 Å². The molecule has 0 aliphatic carbocycles. The molecule has 1 aliphatic rings. The molecule has 84 valence electrons. The third kappa shape index (κ3) is 3.16. The van der Waals surface area contributed by atoms with E-state index in [4.69, 9.17) is 5.73 Å². The van der Waals surface area contributed by atoms with Crippen LogP contribution >= 0.6 is 12.4 Å². The van der Waals surface area contributed by atoms with Crippen LogP contribution in [0.4, 0.5) is 0 Å². The monoisotopic (exact) mass is 227 g/mol. The van der Waals surface area contributed by atoms with Crippen molar-refractivity contribution in [2.75, 3.05) is 13.1 Å². The molecule has 1 fully saturated rings. The van der Waals surface area contributed by atoms with Crippen molar-refractivity contribution >= 4 is 12.4 Å². The van der Waals surface area contributed by atoms with Crippen LogP contribution in [0.25, 0.3) is 0 Å². The maximum atomic E-state index is 5.85. The van der Waals surface area contributed by atoms with Gasteiger partial charge in [0.15, 0.2) is 0 Å². The highest BCUT2D eigenvalue weighted by atomic mass is 35.5. The number of likely N-dealkylation sites (tertiary alicyclic amines) is 1. The van der Waals surface area contributed by atoms with Crippen molar-refractivity contribution in [3.63, 3.8) is 0 Å². The van der Waals surface area contributed by atoms with E-state index >= 15 is 0 Å². The van der Waals surface area contributed by atoms with Crippen LogP contribution in [0.2, 0.25) is 0 Å². The molecular formula is C11H18ClN3. The molecule has 0 bridgehead atoms. The Morgan fingerprint density at radius 1 is 1.60 bits per heavy atom. The zero-order valence-corrected chi connectivity index (χ0v) is 9.83. The fraction of sp³-hybridized carbons (Fsp3) is 0.545. The summed E-state index contributed by atoms with van der Waals surface area (Å²) in [6.45, 7) is 5.17. The van der Waals surface area contributed by atoms with E-state index in [1.165, 1.54) is 11.3 Å². The molecule has 0 spiro atoms. The molecule has 0 saturated carbocycles. The standard InChI is InChI=1S/C11H17N3.ClH/c1-9-3-2-5-13-11(9)8-14-6-4-10(12)7-14;/h2-3,5,10H,4,6-8,12H2,1H3;1H/t10-;/m1./s1. The fourth-order valence-corrected chi connectivity index (χ4v) is 1.90. The number of pyridine rings is 1. The highest BCUT2D eigenvalue weighted by molar-refractivity contribution is 5.85. The van der Waals surface area contributed by atoms with Crippen molar-refractivity contribution < 1.29 is 0 Å². The third-order valence-electron chi connectivity index (χ3n) is 2.80. The van der Waals surface area contributed by atoms with Crippen LogP contribution < -0.4 is 5.73 Å². The zero-order valence-electron chi connectivity index (χ0n) is 9.02. The number of aryl methyl sites for hydroxylation is 1. The van der Waals surface area contributed by atoms with E-state index in [9.17, 15) is 0 Å². The van der Waals surface area contributed by atoms with E-state index in [1.807, 2.05) is 12.3 Å². The van der Waals surface area contributed by atoms with Gasteiger partial charge in [-0.25, -0.2) is 0 Å². The first kappa shape index (κ1) is 12.4. The summed E-state index contributed by atoms with van der Waals surface area (Å²) in [5, 5.41) is 0. The van der Waals surface area contributed by atoms with Crippen LogP contribution in [-0.4, -0.2) is 29.0 Å². The minimum absolute atomic E-state index is 0. The molecule has 2 rings (SSSR count). The van der Waals surface area contributed by atoms with Crippen LogP contribution in [0.5, 0.6) is 0 Å². The number of halogens is 1. The summed E-state index contributed by atoms with van der Waals surface area (Å²) in [5.74, 6) is 0. The normalized spacial score (nSPS) is 21.3. The Hall–Kier alpha value is -0.640. The predicted molar refractivity (Wildman–Crippen MR) is 64.1 cm³/mol. The molecule has 2 N–H and O–H groups in total. The minimum Gasteiger partial charge on any atom is -0.326 e. The SMILES string of the molecule is Cc1cccnc1CN1CC[C@@H](N)C1.Cl. The molecule has 1 aliphatic heterocycles. The molecule has 0 aromatic carbocycles. The average Bonchev–Trinajstić information content (AvgIpc) is 2.56. The number of hydrogen-bond acceptors (Lipinski definition) is 3. The summed E-state index contributed by atoms with van der Waals surface area (Å²) in [6.07, 6.45) is 2.98. The van der Waals surface area contributed by atoms with Crippen LogP contribution in [0.15, 0.2) is 18.3 Å². The molecule has 0 radical (unpaired) electrons. The van der Waals surface area contributed by atoms with Crippen LogP contribution in [0, 0.1) is 6.92 Å². The minimum atomic E-state index is 0. The summed E-state index contributed by atoms with van der Waals surface area (Å²) in [4.78, 5) is 6.76. The largest absolute Gasteiger partial charge is 0.326 e. The highest BCUT2D eigenvalue weighted by Gasteiger charge is 2.19. The predicted octanol–water partition coefficient (Wildman–Crippen LogP) is 1.34. The van der Waals surface area contributed by atoms with Gasteiger partial charge in [0.05, 0.1) is 5.69 Å². The van der Waals surface area contributed by atoms with E-state index in [-0.39, 0.29) is 12.4 Å². The van der Waals surface area contributed by atoms with Gasteiger partial charge in [-0.2, -0.15) is 0 Å². The molecular weight excluding hydrogens is 210 g/mol. The van der Waals surface area contributed by atoms with Gasteiger partial charge in [-0.1, -0.05) is 6.07 Å². The first-order chi connectivity index (χ1) is 6.75. The number of rotatable bonds is 2. The van der Waals surface area contributed by atoms with Gasteiger partial charge in [-0.3, -0.25) is 9.88 Å². The van der Waals surface area contributed by atoms with Gasteiger partial charge < -0.3 is 5.73 Å². The first-order valence-corrected chi connectivity index (χ1v) is 5.14. The fourth-order valence-electron chi connectivity index (χ4n) is 1.90. The van der Waals surface area contributed by atoms with Crippen molar-refractivity contribution in [1.82, 2.24) is 9.88 Å². The zero-order chi connectivity index (χ0) is 9.97. The molecule has 4 heteroatoms. The maximum absolute atomic E-state index is 5.85. The lowest BCUT2D eigenvalue weighted by atomic mass is 10.2. The summed E-state index contributed by atoms with van der Waals surface area (Å²) in [5.41, 5.74) is 8.31. The van der Waals surface area contributed by atoms with Gasteiger partial charge in [-0.15, -0.1) is 12.4 Å².